The molecule has 0 saturated heterocycles. The van der Waals surface area contributed by atoms with Gasteiger partial charge in [-0.15, -0.1) is 11.3 Å². The maximum Gasteiger partial charge on any atom is 0.0709 e. The molecular weight excluding hydrogens is 158 g/mol. The first kappa shape index (κ1) is 8.71. The van der Waals surface area contributed by atoms with E-state index in [0.717, 1.165) is 4.88 Å². The van der Waals surface area contributed by atoms with Crippen molar-refractivity contribution in [1.82, 2.24) is 0 Å². The van der Waals surface area contributed by atoms with E-state index < -0.39 is 5.54 Å². The molecule has 0 unspecified atom stereocenters. The second-order valence-electron chi connectivity index (χ2n) is 3.06. The van der Waals surface area contributed by atoms with Crippen LogP contribution in [0, 0.1) is 6.92 Å². The Kier molecular flexibility index (Phi) is 2.32. The SMILES string of the molecule is Cc1csc([C@](C)(N)CO)c1. The molecule has 11 heavy (non-hydrogen) atoms. The van der Waals surface area contributed by atoms with Gasteiger partial charge in [0.1, 0.15) is 0 Å². The molecule has 0 aliphatic carbocycles. The highest BCUT2D eigenvalue weighted by Gasteiger charge is 2.21. The van der Waals surface area contributed by atoms with Crippen LogP contribution in [0.25, 0.3) is 0 Å². The highest BCUT2D eigenvalue weighted by atomic mass is 32.1. The number of aliphatic hydroxyl groups excluding tert-OH is 1. The van der Waals surface area contributed by atoms with Gasteiger partial charge in [-0.05, 0) is 30.9 Å². The van der Waals surface area contributed by atoms with Crippen molar-refractivity contribution < 1.29 is 5.11 Å². The Balaban J connectivity index is 2.92. The van der Waals surface area contributed by atoms with Crippen molar-refractivity contribution in [3.63, 3.8) is 0 Å². The highest BCUT2D eigenvalue weighted by Crippen LogP contribution is 2.24. The van der Waals surface area contributed by atoms with Crippen molar-refractivity contribution in [2.45, 2.75) is 19.4 Å². The molecule has 0 bridgehead atoms. The van der Waals surface area contributed by atoms with Crippen molar-refractivity contribution in [2.24, 2.45) is 5.73 Å². The molecule has 62 valence electrons. The fourth-order valence-corrected chi connectivity index (χ4v) is 1.78. The molecule has 1 rings (SSSR count). The van der Waals surface area contributed by atoms with E-state index in [0.29, 0.717) is 0 Å². The molecular formula is C8H13NOS. The molecule has 0 aromatic carbocycles. The van der Waals surface area contributed by atoms with E-state index in [1.807, 2.05) is 25.3 Å². The molecule has 1 aromatic heterocycles. The predicted molar refractivity (Wildman–Crippen MR) is 47.7 cm³/mol. The molecule has 1 heterocycles. The standard InChI is InChI=1S/C8H13NOS/c1-6-3-7(11-4-6)8(2,9)5-10/h3-4,10H,5,9H2,1-2H3/t8-/m1/s1. The molecule has 1 atom stereocenters. The van der Waals surface area contributed by atoms with E-state index in [1.54, 1.807) is 11.3 Å². The van der Waals surface area contributed by atoms with Gasteiger partial charge >= 0.3 is 0 Å². The van der Waals surface area contributed by atoms with Gasteiger partial charge in [0.05, 0.1) is 12.1 Å². The summed E-state index contributed by atoms with van der Waals surface area (Å²) >= 11 is 1.60. The van der Waals surface area contributed by atoms with Crippen LogP contribution in [0.1, 0.15) is 17.4 Å². The topological polar surface area (TPSA) is 46.2 Å². The smallest absolute Gasteiger partial charge is 0.0709 e. The molecule has 0 saturated carbocycles. The van der Waals surface area contributed by atoms with E-state index in [9.17, 15) is 0 Å². The van der Waals surface area contributed by atoms with Gasteiger partial charge < -0.3 is 10.8 Å². The van der Waals surface area contributed by atoms with Crippen molar-refractivity contribution in [1.29, 1.82) is 0 Å². The second-order valence-corrected chi connectivity index (χ2v) is 3.98. The minimum atomic E-state index is -0.571. The Bertz CT molecular complexity index is 242. The summed E-state index contributed by atoms with van der Waals surface area (Å²) in [6, 6.07) is 2.01. The lowest BCUT2D eigenvalue weighted by molar-refractivity contribution is 0.212. The Labute approximate surface area is 70.7 Å². The summed E-state index contributed by atoms with van der Waals surface area (Å²) < 4.78 is 0. The van der Waals surface area contributed by atoms with Crippen LogP contribution in [0.15, 0.2) is 11.4 Å². The lowest BCUT2D eigenvalue weighted by Crippen LogP contribution is -2.35. The summed E-state index contributed by atoms with van der Waals surface area (Å²) in [5.74, 6) is 0. The normalized spacial score (nSPS) is 16.4. The van der Waals surface area contributed by atoms with E-state index in [1.165, 1.54) is 5.56 Å². The minimum Gasteiger partial charge on any atom is -0.394 e. The molecule has 0 fully saturated rings. The minimum absolute atomic E-state index is 0.00699. The molecule has 1 aromatic rings. The van der Waals surface area contributed by atoms with Gasteiger partial charge in [-0.3, -0.25) is 0 Å². The quantitative estimate of drug-likeness (QED) is 0.703. The van der Waals surface area contributed by atoms with Gasteiger partial charge in [0, 0.05) is 4.88 Å². The second kappa shape index (κ2) is 2.93. The maximum absolute atomic E-state index is 8.94. The van der Waals surface area contributed by atoms with Crippen molar-refractivity contribution in [3.8, 4) is 0 Å². The van der Waals surface area contributed by atoms with E-state index >= 15 is 0 Å². The highest BCUT2D eigenvalue weighted by molar-refractivity contribution is 7.10. The fraction of sp³-hybridized carbons (Fsp3) is 0.500. The molecule has 0 amide bonds. The van der Waals surface area contributed by atoms with Crippen LogP contribution in [0.4, 0.5) is 0 Å². The van der Waals surface area contributed by atoms with E-state index in [2.05, 4.69) is 0 Å². The van der Waals surface area contributed by atoms with Gasteiger partial charge in [-0.25, -0.2) is 0 Å². The Hall–Kier alpha value is -0.380. The summed E-state index contributed by atoms with van der Waals surface area (Å²) in [6.07, 6.45) is 0. The van der Waals surface area contributed by atoms with Crippen LogP contribution in [0.3, 0.4) is 0 Å². The number of hydrogen-bond donors (Lipinski definition) is 2. The summed E-state index contributed by atoms with van der Waals surface area (Å²) in [7, 11) is 0. The van der Waals surface area contributed by atoms with Crippen LogP contribution in [0.5, 0.6) is 0 Å². The Morgan fingerprint density at radius 1 is 1.73 bits per heavy atom. The monoisotopic (exact) mass is 171 g/mol. The van der Waals surface area contributed by atoms with Crippen LogP contribution >= 0.6 is 11.3 Å². The van der Waals surface area contributed by atoms with Crippen molar-refractivity contribution in [3.05, 3.63) is 21.9 Å². The number of thiophene rings is 1. The van der Waals surface area contributed by atoms with Gasteiger partial charge in [-0.2, -0.15) is 0 Å². The molecule has 0 aliphatic rings. The largest absolute Gasteiger partial charge is 0.394 e. The number of nitrogens with two attached hydrogens (primary N) is 1. The number of rotatable bonds is 2. The zero-order valence-corrected chi connectivity index (χ0v) is 7.61. The predicted octanol–water partition coefficient (Wildman–Crippen LogP) is 1.22. The third-order valence-electron chi connectivity index (χ3n) is 1.62. The van der Waals surface area contributed by atoms with Crippen LogP contribution in [-0.4, -0.2) is 11.7 Å². The van der Waals surface area contributed by atoms with Crippen LogP contribution in [-0.2, 0) is 5.54 Å². The number of aryl methyl sites for hydroxylation is 1. The van der Waals surface area contributed by atoms with E-state index in [4.69, 9.17) is 10.8 Å². The summed E-state index contributed by atoms with van der Waals surface area (Å²) in [6.45, 7) is 3.85. The zero-order valence-electron chi connectivity index (χ0n) is 6.79. The first-order chi connectivity index (χ1) is 5.06. The number of aliphatic hydroxyl groups is 1. The Morgan fingerprint density at radius 2 is 2.36 bits per heavy atom. The van der Waals surface area contributed by atoms with Gasteiger partial charge in [0.15, 0.2) is 0 Å². The summed E-state index contributed by atoms with van der Waals surface area (Å²) in [4.78, 5) is 1.04. The number of hydrogen-bond acceptors (Lipinski definition) is 3. The maximum atomic E-state index is 8.94. The average Bonchev–Trinajstić information content (AvgIpc) is 2.36. The molecule has 3 heteroatoms. The zero-order chi connectivity index (χ0) is 8.48. The third-order valence-corrected chi connectivity index (χ3v) is 2.95. The summed E-state index contributed by atoms with van der Waals surface area (Å²) in [5, 5.41) is 11.0. The summed E-state index contributed by atoms with van der Waals surface area (Å²) in [5.41, 5.74) is 6.44. The first-order valence-electron chi connectivity index (χ1n) is 3.51. The van der Waals surface area contributed by atoms with Gasteiger partial charge in [-0.1, -0.05) is 0 Å². The van der Waals surface area contributed by atoms with Gasteiger partial charge in [0.25, 0.3) is 0 Å². The van der Waals surface area contributed by atoms with Crippen molar-refractivity contribution >= 4 is 11.3 Å². The average molecular weight is 171 g/mol. The third kappa shape index (κ3) is 1.80. The molecule has 0 spiro atoms. The molecule has 3 N–H and O–H groups in total. The fourth-order valence-electron chi connectivity index (χ4n) is 0.809. The van der Waals surface area contributed by atoms with Crippen LogP contribution < -0.4 is 5.73 Å². The lowest BCUT2D eigenvalue weighted by atomic mass is 10.0. The molecule has 0 radical (unpaired) electrons. The van der Waals surface area contributed by atoms with Crippen LogP contribution in [0.2, 0.25) is 0 Å². The Morgan fingerprint density at radius 3 is 2.73 bits per heavy atom. The molecule has 0 aliphatic heterocycles. The first-order valence-corrected chi connectivity index (χ1v) is 4.39. The lowest BCUT2D eigenvalue weighted by Gasteiger charge is -2.19. The van der Waals surface area contributed by atoms with Crippen molar-refractivity contribution in [2.75, 3.05) is 6.61 Å². The van der Waals surface area contributed by atoms with Gasteiger partial charge in [0.2, 0.25) is 0 Å². The van der Waals surface area contributed by atoms with E-state index in [-0.39, 0.29) is 6.61 Å². The molecule has 2 nitrogen and oxygen atoms in total.